The van der Waals surface area contributed by atoms with Gasteiger partial charge in [0.25, 0.3) is 5.91 Å². The zero-order valence-corrected chi connectivity index (χ0v) is 19.3. The number of rotatable bonds is 8. The standard InChI is InChI=1S/C26H25Cl2NO3/c1-18(19-8-12-21(27)13-9-19)29-25(31)23-6-2-3-7-24(23)26(29,32-17-5-4-16-30)20-10-14-22(28)15-11-20/h2-3,6-15,18,30H,4-5,16-17H2,1H3/t18-,26?/m0/s1. The summed E-state index contributed by atoms with van der Waals surface area (Å²) >= 11 is 12.3. The van der Waals surface area contributed by atoms with Crippen LogP contribution in [0.1, 0.15) is 52.9 Å². The van der Waals surface area contributed by atoms with Crippen molar-refractivity contribution in [2.24, 2.45) is 0 Å². The largest absolute Gasteiger partial charge is 0.396 e. The van der Waals surface area contributed by atoms with E-state index in [-0.39, 0.29) is 18.6 Å². The topological polar surface area (TPSA) is 49.8 Å². The van der Waals surface area contributed by atoms with E-state index in [9.17, 15) is 9.90 Å². The first-order chi connectivity index (χ1) is 15.5. The van der Waals surface area contributed by atoms with Crippen molar-refractivity contribution in [3.63, 3.8) is 0 Å². The minimum absolute atomic E-state index is 0.0950. The Balaban J connectivity index is 1.89. The average Bonchev–Trinajstić information content (AvgIpc) is 3.06. The molecule has 1 N–H and O–H groups in total. The summed E-state index contributed by atoms with van der Waals surface area (Å²) < 4.78 is 6.62. The first kappa shape index (κ1) is 22.8. The molecule has 32 heavy (non-hydrogen) atoms. The second-order valence-electron chi connectivity index (χ2n) is 7.88. The molecular formula is C26H25Cl2NO3. The molecule has 1 heterocycles. The number of halogens is 2. The van der Waals surface area contributed by atoms with Crippen LogP contribution in [0.15, 0.2) is 72.8 Å². The number of hydrogen-bond acceptors (Lipinski definition) is 3. The Morgan fingerprint density at radius 1 is 0.938 bits per heavy atom. The molecule has 4 nitrogen and oxygen atoms in total. The Hall–Kier alpha value is -2.37. The Kier molecular flexibility index (Phi) is 6.87. The summed E-state index contributed by atoms with van der Waals surface area (Å²) in [5.41, 5.74) is 2.08. The quantitative estimate of drug-likeness (QED) is 0.399. The molecular weight excluding hydrogens is 445 g/mol. The maximum atomic E-state index is 13.8. The number of amides is 1. The van der Waals surface area contributed by atoms with E-state index in [0.717, 1.165) is 16.7 Å². The second kappa shape index (κ2) is 9.63. The Bertz CT molecular complexity index is 1080. The van der Waals surface area contributed by atoms with Gasteiger partial charge in [-0.15, -0.1) is 0 Å². The van der Waals surface area contributed by atoms with Crippen LogP contribution in [0.3, 0.4) is 0 Å². The molecule has 0 radical (unpaired) electrons. The van der Waals surface area contributed by atoms with Crippen molar-refractivity contribution in [2.75, 3.05) is 13.2 Å². The second-order valence-corrected chi connectivity index (χ2v) is 8.75. The third-order valence-corrected chi connectivity index (χ3v) is 6.42. The summed E-state index contributed by atoms with van der Waals surface area (Å²) in [6.45, 7) is 2.47. The van der Waals surface area contributed by atoms with Crippen LogP contribution in [0.25, 0.3) is 0 Å². The van der Waals surface area contributed by atoms with E-state index in [4.69, 9.17) is 27.9 Å². The number of ether oxygens (including phenoxy) is 1. The number of hydrogen-bond donors (Lipinski definition) is 1. The maximum absolute atomic E-state index is 13.8. The molecule has 3 aromatic carbocycles. The van der Waals surface area contributed by atoms with Gasteiger partial charge in [-0.1, -0.05) is 65.7 Å². The fraction of sp³-hybridized carbons (Fsp3) is 0.269. The van der Waals surface area contributed by atoms with E-state index in [1.807, 2.05) is 84.6 Å². The summed E-state index contributed by atoms with van der Waals surface area (Å²) in [5.74, 6) is -0.0971. The number of nitrogens with zero attached hydrogens (tertiary/aromatic N) is 1. The number of aliphatic hydroxyl groups excluding tert-OH is 1. The third-order valence-electron chi connectivity index (χ3n) is 5.92. The normalized spacial score (nSPS) is 18.6. The third kappa shape index (κ3) is 4.04. The summed E-state index contributed by atoms with van der Waals surface area (Å²) in [4.78, 5) is 15.6. The van der Waals surface area contributed by atoms with Gasteiger partial charge >= 0.3 is 0 Å². The van der Waals surface area contributed by atoms with Gasteiger partial charge in [-0.2, -0.15) is 0 Å². The summed E-state index contributed by atoms with van der Waals surface area (Å²) in [6, 6.07) is 22.2. The van der Waals surface area contributed by atoms with Crippen LogP contribution in [0.5, 0.6) is 0 Å². The molecule has 0 fully saturated rings. The molecule has 6 heteroatoms. The minimum atomic E-state index is -1.12. The van der Waals surface area contributed by atoms with Gasteiger partial charge in [-0.05, 0) is 55.7 Å². The van der Waals surface area contributed by atoms with Crippen LogP contribution in [0, 0.1) is 0 Å². The SMILES string of the molecule is C[C@@H](c1ccc(Cl)cc1)N1C(=O)c2ccccc2C1(OCCCCO)c1ccc(Cl)cc1. The minimum Gasteiger partial charge on any atom is -0.396 e. The summed E-state index contributed by atoms with van der Waals surface area (Å²) in [5, 5.41) is 10.5. The highest BCUT2D eigenvalue weighted by atomic mass is 35.5. The average molecular weight is 470 g/mol. The van der Waals surface area contributed by atoms with Gasteiger partial charge in [0.05, 0.1) is 12.6 Å². The van der Waals surface area contributed by atoms with Gasteiger partial charge in [0.15, 0.2) is 5.72 Å². The zero-order chi connectivity index (χ0) is 22.7. The van der Waals surface area contributed by atoms with Crippen LogP contribution in [-0.2, 0) is 10.5 Å². The van der Waals surface area contributed by atoms with Crippen molar-refractivity contribution < 1.29 is 14.6 Å². The molecule has 0 aliphatic carbocycles. The van der Waals surface area contributed by atoms with Gasteiger partial charge in [0, 0.05) is 33.3 Å². The number of unbranched alkanes of at least 4 members (excludes halogenated alkanes) is 1. The molecule has 1 amide bonds. The van der Waals surface area contributed by atoms with Crippen molar-refractivity contribution >= 4 is 29.1 Å². The van der Waals surface area contributed by atoms with E-state index in [2.05, 4.69) is 0 Å². The number of aliphatic hydroxyl groups is 1. The highest BCUT2D eigenvalue weighted by Crippen LogP contribution is 2.49. The number of carbonyl (C=O) groups excluding carboxylic acids is 1. The lowest BCUT2D eigenvalue weighted by molar-refractivity contribution is -0.122. The molecule has 3 aromatic rings. The summed E-state index contributed by atoms with van der Waals surface area (Å²) in [7, 11) is 0. The lowest BCUT2D eigenvalue weighted by Crippen LogP contribution is -2.48. The number of carbonyl (C=O) groups is 1. The zero-order valence-electron chi connectivity index (χ0n) is 17.8. The molecule has 2 atom stereocenters. The fourth-order valence-electron chi connectivity index (χ4n) is 4.34. The fourth-order valence-corrected chi connectivity index (χ4v) is 4.59. The van der Waals surface area contributed by atoms with Crippen molar-refractivity contribution in [1.29, 1.82) is 0 Å². The molecule has 1 unspecified atom stereocenters. The Morgan fingerprint density at radius 2 is 1.56 bits per heavy atom. The van der Waals surface area contributed by atoms with E-state index in [0.29, 0.717) is 35.1 Å². The van der Waals surface area contributed by atoms with E-state index < -0.39 is 5.72 Å². The lowest BCUT2D eigenvalue weighted by Gasteiger charge is -2.43. The van der Waals surface area contributed by atoms with Crippen LogP contribution in [-0.4, -0.2) is 29.1 Å². The lowest BCUT2D eigenvalue weighted by atomic mass is 9.92. The van der Waals surface area contributed by atoms with Crippen LogP contribution < -0.4 is 0 Å². The van der Waals surface area contributed by atoms with Crippen molar-refractivity contribution in [3.8, 4) is 0 Å². The molecule has 1 aliphatic rings. The molecule has 4 rings (SSSR count). The van der Waals surface area contributed by atoms with Gasteiger partial charge < -0.3 is 9.84 Å². The van der Waals surface area contributed by atoms with Gasteiger partial charge in [-0.3, -0.25) is 9.69 Å². The highest BCUT2D eigenvalue weighted by Gasteiger charge is 2.54. The van der Waals surface area contributed by atoms with Crippen LogP contribution in [0.2, 0.25) is 10.0 Å². The van der Waals surface area contributed by atoms with Crippen molar-refractivity contribution in [2.45, 2.75) is 31.5 Å². The molecule has 0 spiro atoms. The molecule has 0 saturated carbocycles. The molecule has 0 bridgehead atoms. The van der Waals surface area contributed by atoms with Gasteiger partial charge in [0.2, 0.25) is 0 Å². The first-order valence-corrected chi connectivity index (χ1v) is 11.4. The molecule has 0 aromatic heterocycles. The van der Waals surface area contributed by atoms with Crippen molar-refractivity contribution in [3.05, 3.63) is 105 Å². The number of benzene rings is 3. The predicted molar refractivity (Wildman–Crippen MR) is 127 cm³/mol. The maximum Gasteiger partial charge on any atom is 0.257 e. The van der Waals surface area contributed by atoms with Crippen LogP contribution >= 0.6 is 23.2 Å². The molecule has 0 saturated heterocycles. The molecule has 166 valence electrons. The van der Waals surface area contributed by atoms with Crippen molar-refractivity contribution in [1.82, 2.24) is 4.90 Å². The van der Waals surface area contributed by atoms with Crippen LogP contribution in [0.4, 0.5) is 0 Å². The highest BCUT2D eigenvalue weighted by molar-refractivity contribution is 6.30. The van der Waals surface area contributed by atoms with E-state index in [1.165, 1.54) is 0 Å². The number of fused-ring (bicyclic) bond motifs is 1. The molecule has 1 aliphatic heterocycles. The van der Waals surface area contributed by atoms with E-state index in [1.54, 1.807) is 0 Å². The smallest absolute Gasteiger partial charge is 0.257 e. The van der Waals surface area contributed by atoms with E-state index >= 15 is 0 Å². The Morgan fingerprint density at radius 3 is 2.22 bits per heavy atom. The predicted octanol–water partition coefficient (Wildman–Crippen LogP) is 6.20. The first-order valence-electron chi connectivity index (χ1n) is 10.7. The Labute approximate surface area is 198 Å². The van der Waals surface area contributed by atoms with Gasteiger partial charge in [0.1, 0.15) is 0 Å². The van der Waals surface area contributed by atoms with Gasteiger partial charge in [-0.25, -0.2) is 0 Å². The summed E-state index contributed by atoms with van der Waals surface area (Å²) in [6.07, 6.45) is 1.30. The monoisotopic (exact) mass is 469 g/mol.